The molecule has 12 nitrogen and oxygen atoms in total. The fourth-order valence-electron chi connectivity index (χ4n) is 4.79. The molecule has 0 amide bonds. The van der Waals surface area contributed by atoms with Crippen LogP contribution < -0.4 is 20.6 Å². The summed E-state index contributed by atoms with van der Waals surface area (Å²) in [5.74, 6) is 0.282. The van der Waals surface area contributed by atoms with Crippen molar-refractivity contribution in [3.8, 4) is 5.75 Å². The van der Waals surface area contributed by atoms with Gasteiger partial charge in [-0.2, -0.15) is 4.31 Å². The summed E-state index contributed by atoms with van der Waals surface area (Å²) in [5.41, 5.74) is -0.976. The van der Waals surface area contributed by atoms with Gasteiger partial charge in [-0.3, -0.25) is 4.79 Å². The molecule has 0 aliphatic carbocycles. The maximum atomic E-state index is 13.1. The Labute approximate surface area is 222 Å². The second-order valence-electron chi connectivity index (χ2n) is 9.70. The fourth-order valence-corrected chi connectivity index (χ4v) is 6.87. The van der Waals surface area contributed by atoms with E-state index in [4.69, 9.17) is 14.6 Å². The van der Waals surface area contributed by atoms with Crippen molar-refractivity contribution in [1.29, 1.82) is 0 Å². The van der Waals surface area contributed by atoms with Crippen molar-refractivity contribution in [2.75, 3.05) is 32.8 Å². The summed E-state index contributed by atoms with van der Waals surface area (Å²) in [4.78, 5) is 12.0. The molecule has 0 bridgehead atoms. The average molecular weight is 571 g/mol. The van der Waals surface area contributed by atoms with Crippen molar-refractivity contribution < 1.29 is 31.4 Å². The van der Waals surface area contributed by atoms with Gasteiger partial charge in [-0.05, 0) is 38.3 Å². The van der Waals surface area contributed by atoms with Gasteiger partial charge < -0.3 is 24.5 Å². The molecule has 3 heterocycles. The lowest BCUT2D eigenvalue weighted by atomic mass is 9.88. The Kier molecular flexibility index (Phi) is 8.62. The number of benzene rings is 1. The summed E-state index contributed by atoms with van der Waals surface area (Å²) in [6, 6.07) is 7.00. The van der Waals surface area contributed by atoms with Crippen molar-refractivity contribution in [3.05, 3.63) is 52.9 Å². The Morgan fingerprint density at radius 3 is 2.66 bits per heavy atom. The Bertz CT molecular complexity index is 1400. The molecule has 2 aliphatic heterocycles. The van der Waals surface area contributed by atoms with E-state index in [0.717, 1.165) is 0 Å². The monoisotopic (exact) mass is 570 g/mol. The highest BCUT2D eigenvalue weighted by Gasteiger charge is 2.45. The lowest BCUT2D eigenvalue weighted by Gasteiger charge is -2.38. The van der Waals surface area contributed by atoms with E-state index < -0.39 is 37.2 Å². The molecule has 38 heavy (non-hydrogen) atoms. The SMILES string of the molecule is CCn1ccc(=O)c(S(=O)(=O)N2CCC3(CC2)C[C@@H](NCC(O)COc2cccc(S(N)(=O)=O)c2)CO3)c1. The maximum absolute atomic E-state index is 13.1. The molecule has 4 N–H and O–H groups in total. The number of primary sulfonamides is 1. The van der Waals surface area contributed by atoms with Gasteiger partial charge in [0.25, 0.3) is 0 Å². The highest BCUT2D eigenvalue weighted by Crippen LogP contribution is 2.37. The van der Waals surface area contributed by atoms with Crippen LogP contribution in [-0.2, 0) is 31.3 Å². The van der Waals surface area contributed by atoms with Crippen molar-refractivity contribution in [1.82, 2.24) is 14.2 Å². The second-order valence-corrected chi connectivity index (χ2v) is 13.2. The minimum Gasteiger partial charge on any atom is -0.491 e. The maximum Gasteiger partial charge on any atom is 0.248 e. The number of aliphatic hydroxyl groups excluding tert-OH is 1. The number of nitrogens with one attached hydrogen (secondary N) is 1. The number of hydrogen-bond acceptors (Lipinski definition) is 9. The predicted octanol–water partition coefficient (Wildman–Crippen LogP) is -0.143. The summed E-state index contributed by atoms with van der Waals surface area (Å²) in [7, 11) is -7.75. The van der Waals surface area contributed by atoms with Crippen LogP contribution >= 0.6 is 0 Å². The van der Waals surface area contributed by atoms with Crippen LogP contribution in [0.25, 0.3) is 0 Å². The van der Waals surface area contributed by atoms with Crippen molar-refractivity contribution >= 4 is 20.0 Å². The van der Waals surface area contributed by atoms with Crippen molar-refractivity contribution in [3.63, 3.8) is 0 Å². The average Bonchev–Trinajstić information content (AvgIpc) is 3.28. The number of sulfonamides is 2. The zero-order valence-corrected chi connectivity index (χ0v) is 22.8. The molecule has 14 heteroatoms. The van der Waals surface area contributed by atoms with Crippen LogP contribution in [0.2, 0.25) is 0 Å². The number of nitrogens with two attached hydrogens (primary N) is 1. The van der Waals surface area contributed by atoms with E-state index in [1.807, 2.05) is 6.92 Å². The van der Waals surface area contributed by atoms with Gasteiger partial charge >= 0.3 is 0 Å². The van der Waals surface area contributed by atoms with Gasteiger partial charge in [-0.15, -0.1) is 0 Å². The third-order valence-corrected chi connectivity index (χ3v) is 9.81. The molecule has 2 fully saturated rings. The first-order chi connectivity index (χ1) is 17.9. The molecule has 1 spiro atoms. The zero-order chi connectivity index (χ0) is 27.6. The van der Waals surface area contributed by atoms with Gasteiger partial charge in [-0.1, -0.05) is 6.07 Å². The van der Waals surface area contributed by atoms with Gasteiger partial charge in [0, 0.05) is 56.7 Å². The molecule has 0 radical (unpaired) electrons. The Hall–Kier alpha value is -2.33. The van der Waals surface area contributed by atoms with E-state index in [1.165, 1.54) is 34.8 Å². The number of piperidine rings is 1. The third kappa shape index (κ3) is 6.62. The number of aryl methyl sites for hydroxylation is 1. The lowest BCUT2D eigenvalue weighted by molar-refractivity contribution is -0.0312. The normalized spacial score (nSPS) is 21.0. The molecule has 0 saturated carbocycles. The molecule has 2 aliphatic rings. The van der Waals surface area contributed by atoms with Crippen LogP contribution in [0, 0.1) is 0 Å². The Morgan fingerprint density at radius 2 is 1.97 bits per heavy atom. The van der Waals surface area contributed by atoms with E-state index in [1.54, 1.807) is 16.8 Å². The molecule has 2 aromatic rings. The van der Waals surface area contributed by atoms with Crippen LogP contribution in [0.15, 0.2) is 57.3 Å². The van der Waals surface area contributed by atoms with Crippen LogP contribution in [0.4, 0.5) is 0 Å². The molecule has 2 saturated heterocycles. The zero-order valence-electron chi connectivity index (χ0n) is 21.2. The second kappa shape index (κ2) is 11.4. The van der Waals surface area contributed by atoms with E-state index in [2.05, 4.69) is 5.32 Å². The standard InChI is InChI=1S/C24H34N4O8S2/c1-2-27-9-6-22(30)23(15-27)38(33,34)28-10-7-24(8-11-28)13-18(16-36-24)26-14-19(29)17-35-20-4-3-5-21(12-20)37(25,31)32/h3-6,9,12,15,18-19,26,29H,2,7-8,10-11,13-14,16-17H2,1H3,(H2,25,31,32)/t18-,19?/m1/s1. The van der Waals surface area contributed by atoms with Crippen LogP contribution in [0.5, 0.6) is 5.75 Å². The number of hydrogen-bond donors (Lipinski definition) is 3. The van der Waals surface area contributed by atoms with E-state index >= 15 is 0 Å². The summed E-state index contributed by atoms with van der Waals surface area (Å²) in [6.45, 7) is 3.54. The molecule has 1 aromatic heterocycles. The molecule has 4 rings (SSSR count). The quantitative estimate of drug-likeness (QED) is 0.352. The first-order valence-corrected chi connectivity index (χ1v) is 15.4. The molecule has 1 unspecified atom stereocenters. The Morgan fingerprint density at radius 1 is 1.24 bits per heavy atom. The molecule has 2 atom stereocenters. The van der Waals surface area contributed by atoms with Gasteiger partial charge in [0.05, 0.1) is 17.1 Å². The van der Waals surface area contributed by atoms with Gasteiger partial charge in [0.15, 0.2) is 0 Å². The van der Waals surface area contributed by atoms with Crippen LogP contribution in [0.3, 0.4) is 0 Å². The van der Waals surface area contributed by atoms with Crippen LogP contribution in [-0.4, -0.2) is 81.4 Å². The first-order valence-electron chi connectivity index (χ1n) is 12.4. The lowest BCUT2D eigenvalue weighted by Crippen LogP contribution is -2.47. The molecule has 1 aromatic carbocycles. The van der Waals surface area contributed by atoms with Crippen LogP contribution in [0.1, 0.15) is 26.2 Å². The highest BCUT2D eigenvalue weighted by molar-refractivity contribution is 7.89. The molecular formula is C24H34N4O8S2. The third-order valence-electron chi connectivity index (χ3n) is 6.99. The minimum atomic E-state index is -3.91. The van der Waals surface area contributed by atoms with E-state index in [-0.39, 0.29) is 47.8 Å². The summed E-state index contributed by atoms with van der Waals surface area (Å²) in [5, 5.41) is 18.7. The van der Waals surface area contributed by atoms with Gasteiger partial charge in [-0.25, -0.2) is 22.0 Å². The highest BCUT2D eigenvalue weighted by atomic mass is 32.2. The Balaban J connectivity index is 1.25. The van der Waals surface area contributed by atoms with E-state index in [0.29, 0.717) is 32.4 Å². The van der Waals surface area contributed by atoms with Gasteiger partial charge in [0.1, 0.15) is 23.4 Å². The molecule has 210 valence electrons. The van der Waals surface area contributed by atoms with E-state index in [9.17, 15) is 26.7 Å². The largest absolute Gasteiger partial charge is 0.491 e. The summed E-state index contributed by atoms with van der Waals surface area (Å²) < 4.78 is 63.8. The number of pyridine rings is 1. The summed E-state index contributed by atoms with van der Waals surface area (Å²) >= 11 is 0. The van der Waals surface area contributed by atoms with Crippen molar-refractivity contribution in [2.45, 2.75) is 60.3 Å². The number of aliphatic hydroxyl groups is 1. The fraction of sp³-hybridized carbons (Fsp3) is 0.542. The number of ether oxygens (including phenoxy) is 2. The number of rotatable bonds is 10. The number of aromatic nitrogens is 1. The van der Waals surface area contributed by atoms with Gasteiger partial charge in [0.2, 0.25) is 25.5 Å². The smallest absolute Gasteiger partial charge is 0.248 e. The topological polar surface area (TPSA) is 170 Å². The summed E-state index contributed by atoms with van der Waals surface area (Å²) in [6.07, 6.45) is 3.78. The predicted molar refractivity (Wildman–Crippen MR) is 139 cm³/mol. The van der Waals surface area contributed by atoms with Crippen molar-refractivity contribution in [2.24, 2.45) is 5.14 Å². The minimum absolute atomic E-state index is 0.0237. The number of nitrogens with zero attached hydrogens (tertiary/aromatic N) is 2. The molecular weight excluding hydrogens is 536 g/mol. The first kappa shape index (κ1) is 28.7.